The Morgan fingerprint density at radius 1 is 1.00 bits per heavy atom. The summed E-state index contributed by atoms with van der Waals surface area (Å²) in [5, 5.41) is 15.6. The van der Waals surface area contributed by atoms with Crippen LogP contribution in [0.1, 0.15) is 32.2 Å². The minimum atomic E-state index is -0.438. The first kappa shape index (κ1) is 24.7. The Balaban J connectivity index is 1.38. The van der Waals surface area contributed by atoms with Crippen molar-refractivity contribution in [1.29, 1.82) is 0 Å². The van der Waals surface area contributed by atoms with Crippen molar-refractivity contribution in [2.45, 2.75) is 26.2 Å². The van der Waals surface area contributed by atoms with Gasteiger partial charge in [-0.25, -0.2) is 13.9 Å². The van der Waals surface area contributed by atoms with E-state index in [-0.39, 0.29) is 11.2 Å². The zero-order valence-electron chi connectivity index (χ0n) is 21.5. The molecule has 0 saturated heterocycles. The average Bonchev–Trinajstić information content (AvgIpc) is 3.46. The predicted octanol–water partition coefficient (Wildman–Crippen LogP) is 5.88. The highest BCUT2D eigenvalue weighted by molar-refractivity contribution is 6.00. The molecule has 38 heavy (non-hydrogen) atoms. The van der Waals surface area contributed by atoms with E-state index in [0.29, 0.717) is 22.9 Å². The molecule has 8 nitrogen and oxygen atoms in total. The fourth-order valence-electron chi connectivity index (χ4n) is 4.15. The number of urea groups is 1. The number of nitrogens with zero attached hydrogens (tertiary/aromatic N) is 5. The third kappa shape index (κ3) is 4.72. The first-order chi connectivity index (χ1) is 18.1. The highest BCUT2D eigenvalue weighted by atomic mass is 19.1. The molecule has 5 aromatic rings. The van der Waals surface area contributed by atoms with E-state index in [1.807, 2.05) is 46.0 Å². The number of pyridine rings is 1. The van der Waals surface area contributed by atoms with Gasteiger partial charge >= 0.3 is 6.03 Å². The van der Waals surface area contributed by atoms with E-state index in [0.717, 1.165) is 27.7 Å². The summed E-state index contributed by atoms with van der Waals surface area (Å²) in [6, 6.07) is 14.7. The summed E-state index contributed by atoms with van der Waals surface area (Å²) in [6.07, 6.45) is 9.16. The van der Waals surface area contributed by atoms with Crippen molar-refractivity contribution in [2.24, 2.45) is 7.05 Å². The maximum absolute atomic E-state index is 13.5. The van der Waals surface area contributed by atoms with Crippen LogP contribution in [0.5, 0.6) is 0 Å². The third-order valence-corrected chi connectivity index (χ3v) is 6.14. The van der Waals surface area contributed by atoms with Crippen LogP contribution in [0.4, 0.5) is 20.7 Å². The SMILES string of the molecule is C#Cc1nn(C)c2cncc(-c3ccc(NC(=O)Nc4cc(C(C)(C)C)nn4-c4ccc(F)cc4)cc3)c12. The molecule has 2 amide bonds. The van der Waals surface area contributed by atoms with Crippen molar-refractivity contribution >= 4 is 28.4 Å². The highest BCUT2D eigenvalue weighted by Crippen LogP contribution is 2.31. The number of carbonyl (C=O) groups is 1. The number of anilines is 2. The van der Waals surface area contributed by atoms with Crippen LogP contribution in [0.15, 0.2) is 67.0 Å². The maximum atomic E-state index is 13.5. The van der Waals surface area contributed by atoms with Gasteiger partial charge in [-0.3, -0.25) is 15.0 Å². The number of amides is 2. The van der Waals surface area contributed by atoms with Crippen molar-refractivity contribution in [2.75, 3.05) is 10.6 Å². The number of hydrogen-bond donors (Lipinski definition) is 2. The van der Waals surface area contributed by atoms with Crippen LogP contribution >= 0.6 is 0 Å². The zero-order valence-corrected chi connectivity index (χ0v) is 21.5. The van der Waals surface area contributed by atoms with Gasteiger partial charge in [0.1, 0.15) is 17.3 Å². The quantitative estimate of drug-likeness (QED) is 0.297. The molecule has 0 spiro atoms. The Morgan fingerprint density at radius 3 is 2.37 bits per heavy atom. The van der Waals surface area contributed by atoms with Gasteiger partial charge in [0.2, 0.25) is 0 Å². The summed E-state index contributed by atoms with van der Waals surface area (Å²) in [6.45, 7) is 6.09. The summed E-state index contributed by atoms with van der Waals surface area (Å²) in [4.78, 5) is 17.3. The number of fused-ring (bicyclic) bond motifs is 1. The summed E-state index contributed by atoms with van der Waals surface area (Å²) in [5.74, 6) is 2.76. The Hall–Kier alpha value is -4.97. The van der Waals surface area contributed by atoms with Crippen molar-refractivity contribution < 1.29 is 9.18 Å². The van der Waals surface area contributed by atoms with Crippen molar-refractivity contribution in [3.05, 3.63) is 84.2 Å². The Labute approximate surface area is 219 Å². The number of aryl methyl sites for hydroxylation is 1. The van der Waals surface area contributed by atoms with Gasteiger partial charge in [0.05, 0.1) is 23.1 Å². The number of rotatable bonds is 4. The predicted molar refractivity (Wildman–Crippen MR) is 147 cm³/mol. The lowest BCUT2D eigenvalue weighted by Gasteiger charge is -2.14. The van der Waals surface area contributed by atoms with Gasteiger partial charge in [-0.1, -0.05) is 32.9 Å². The Kier molecular flexibility index (Phi) is 6.17. The standard InChI is InChI=1S/C29H26FN7O/c1-6-23-27-22(16-31-17-24(27)36(5)34-23)18-7-11-20(12-8-18)32-28(38)33-26-15-25(29(2,3)4)35-37(26)21-13-9-19(30)10-14-21/h1,7-17H,2-5H3,(H2,32,33,38). The van der Waals surface area contributed by atoms with E-state index in [2.05, 4.69) is 31.7 Å². The largest absolute Gasteiger partial charge is 0.324 e. The second-order valence-electron chi connectivity index (χ2n) is 9.91. The van der Waals surface area contributed by atoms with E-state index >= 15 is 0 Å². The molecule has 3 heterocycles. The second-order valence-corrected chi connectivity index (χ2v) is 9.91. The molecule has 0 atom stereocenters. The van der Waals surface area contributed by atoms with Gasteiger partial charge in [0, 0.05) is 41.4 Å². The fourth-order valence-corrected chi connectivity index (χ4v) is 4.15. The molecule has 0 saturated carbocycles. The summed E-state index contributed by atoms with van der Waals surface area (Å²) >= 11 is 0. The van der Waals surface area contributed by atoms with Crippen molar-refractivity contribution in [1.82, 2.24) is 24.5 Å². The first-order valence-electron chi connectivity index (χ1n) is 12.0. The topological polar surface area (TPSA) is 89.7 Å². The number of hydrogen-bond acceptors (Lipinski definition) is 4. The number of nitrogens with one attached hydrogen (secondary N) is 2. The Bertz CT molecular complexity index is 1680. The molecule has 0 aliphatic heterocycles. The van der Waals surface area contributed by atoms with Crippen LogP contribution in [-0.2, 0) is 12.5 Å². The van der Waals surface area contributed by atoms with Crippen molar-refractivity contribution in [3.63, 3.8) is 0 Å². The fraction of sp³-hybridized carbons (Fsp3) is 0.172. The third-order valence-electron chi connectivity index (χ3n) is 6.14. The number of halogens is 1. The number of benzene rings is 2. The molecule has 2 aromatic carbocycles. The van der Waals surface area contributed by atoms with Gasteiger partial charge in [-0.2, -0.15) is 10.2 Å². The monoisotopic (exact) mass is 507 g/mol. The van der Waals surface area contributed by atoms with Crippen LogP contribution in [-0.4, -0.2) is 30.6 Å². The molecule has 3 aromatic heterocycles. The van der Waals surface area contributed by atoms with Gasteiger partial charge in [0.25, 0.3) is 0 Å². The molecule has 9 heteroatoms. The van der Waals surface area contributed by atoms with Gasteiger partial charge in [-0.15, -0.1) is 6.42 Å². The Morgan fingerprint density at radius 2 is 1.71 bits per heavy atom. The second kappa shape index (κ2) is 9.48. The van der Waals surface area contributed by atoms with Crippen LogP contribution in [0.3, 0.4) is 0 Å². The molecule has 0 aliphatic carbocycles. The van der Waals surface area contributed by atoms with Crippen LogP contribution in [0, 0.1) is 18.2 Å². The average molecular weight is 508 g/mol. The first-order valence-corrected chi connectivity index (χ1v) is 12.0. The van der Waals surface area contributed by atoms with E-state index in [9.17, 15) is 9.18 Å². The minimum absolute atomic E-state index is 0.251. The van der Waals surface area contributed by atoms with E-state index in [1.54, 1.807) is 46.0 Å². The van der Waals surface area contributed by atoms with Crippen LogP contribution in [0.2, 0.25) is 0 Å². The molecule has 0 aliphatic rings. The van der Waals surface area contributed by atoms with Crippen molar-refractivity contribution in [3.8, 4) is 29.2 Å². The summed E-state index contributed by atoms with van der Waals surface area (Å²) in [7, 11) is 1.83. The molecule has 0 fully saturated rings. The minimum Gasteiger partial charge on any atom is -0.308 e. The summed E-state index contributed by atoms with van der Waals surface area (Å²) in [5.41, 5.74) is 4.90. The summed E-state index contributed by atoms with van der Waals surface area (Å²) < 4.78 is 16.8. The van der Waals surface area contributed by atoms with Gasteiger partial charge < -0.3 is 5.32 Å². The van der Waals surface area contributed by atoms with E-state index < -0.39 is 6.03 Å². The van der Waals surface area contributed by atoms with Gasteiger partial charge in [-0.05, 0) is 47.9 Å². The molecular weight excluding hydrogens is 481 g/mol. The van der Waals surface area contributed by atoms with Gasteiger partial charge in [0.15, 0.2) is 0 Å². The molecule has 0 unspecified atom stereocenters. The van der Waals surface area contributed by atoms with Crippen LogP contribution < -0.4 is 10.6 Å². The molecular formula is C29H26FN7O. The molecule has 0 bridgehead atoms. The number of carbonyl (C=O) groups excluding carboxylic acids is 1. The van der Waals surface area contributed by atoms with E-state index in [1.165, 1.54) is 12.1 Å². The van der Waals surface area contributed by atoms with Crippen LogP contribution in [0.25, 0.3) is 27.7 Å². The smallest absolute Gasteiger partial charge is 0.308 e. The molecule has 5 rings (SSSR count). The molecule has 2 N–H and O–H groups in total. The highest BCUT2D eigenvalue weighted by Gasteiger charge is 2.22. The number of terminal acetylenes is 1. The maximum Gasteiger partial charge on any atom is 0.324 e. The lowest BCUT2D eigenvalue weighted by atomic mass is 9.92. The number of aromatic nitrogens is 5. The molecule has 0 radical (unpaired) electrons. The normalized spacial score (nSPS) is 11.4. The zero-order chi connectivity index (χ0) is 27.0. The van der Waals surface area contributed by atoms with E-state index in [4.69, 9.17) is 6.42 Å². The lowest BCUT2D eigenvalue weighted by Crippen LogP contribution is -2.21. The molecule has 190 valence electrons. The lowest BCUT2D eigenvalue weighted by molar-refractivity contribution is 0.262.